The molecule has 0 aliphatic carbocycles. The van der Waals surface area contributed by atoms with Crippen LogP contribution in [0.3, 0.4) is 0 Å². The number of ketones is 1. The summed E-state index contributed by atoms with van der Waals surface area (Å²) < 4.78 is 19.6. The SMILES string of the molecule is O=C1CC(c2ccc(Cl)cc2F)Oc2ccccc21. The number of hydrogen-bond acceptors (Lipinski definition) is 2. The Labute approximate surface area is 114 Å². The van der Waals surface area contributed by atoms with Crippen molar-refractivity contribution in [2.75, 3.05) is 0 Å². The molecule has 2 nitrogen and oxygen atoms in total. The summed E-state index contributed by atoms with van der Waals surface area (Å²) in [6, 6.07) is 11.4. The maximum Gasteiger partial charge on any atom is 0.170 e. The van der Waals surface area contributed by atoms with Crippen LogP contribution in [-0.2, 0) is 0 Å². The summed E-state index contributed by atoms with van der Waals surface area (Å²) in [6.07, 6.45) is -0.463. The van der Waals surface area contributed by atoms with E-state index in [1.165, 1.54) is 6.07 Å². The second-order valence-corrected chi connectivity index (χ2v) is 4.83. The van der Waals surface area contributed by atoms with E-state index in [0.29, 0.717) is 21.9 Å². The Morgan fingerprint density at radius 1 is 1.21 bits per heavy atom. The molecule has 96 valence electrons. The van der Waals surface area contributed by atoms with Crippen molar-refractivity contribution < 1.29 is 13.9 Å². The molecule has 2 aromatic rings. The zero-order valence-corrected chi connectivity index (χ0v) is 10.7. The van der Waals surface area contributed by atoms with E-state index in [-0.39, 0.29) is 12.2 Å². The van der Waals surface area contributed by atoms with E-state index < -0.39 is 11.9 Å². The smallest absolute Gasteiger partial charge is 0.170 e. The highest BCUT2D eigenvalue weighted by Crippen LogP contribution is 2.35. The van der Waals surface area contributed by atoms with Gasteiger partial charge in [0.1, 0.15) is 17.7 Å². The molecule has 0 bridgehead atoms. The van der Waals surface area contributed by atoms with E-state index >= 15 is 0 Å². The Bertz CT molecular complexity index is 654. The van der Waals surface area contributed by atoms with Crippen LogP contribution in [0.4, 0.5) is 4.39 Å². The average molecular weight is 277 g/mol. The van der Waals surface area contributed by atoms with Crippen LogP contribution in [0.25, 0.3) is 0 Å². The van der Waals surface area contributed by atoms with Crippen LogP contribution in [0.2, 0.25) is 5.02 Å². The first-order valence-corrected chi connectivity index (χ1v) is 6.27. The Balaban J connectivity index is 1.99. The number of halogens is 2. The minimum Gasteiger partial charge on any atom is -0.484 e. The minimum atomic E-state index is -0.598. The number of ether oxygens (including phenoxy) is 1. The topological polar surface area (TPSA) is 26.3 Å². The van der Waals surface area contributed by atoms with Crippen molar-refractivity contribution in [3.05, 3.63) is 64.4 Å². The molecule has 0 saturated heterocycles. The molecule has 0 radical (unpaired) electrons. The zero-order valence-electron chi connectivity index (χ0n) is 9.90. The Kier molecular flexibility index (Phi) is 2.99. The van der Waals surface area contributed by atoms with Gasteiger partial charge in [-0.15, -0.1) is 0 Å². The third-order valence-corrected chi connectivity index (χ3v) is 3.37. The number of carbonyl (C=O) groups is 1. The minimum absolute atomic E-state index is 0.0406. The van der Waals surface area contributed by atoms with Gasteiger partial charge >= 0.3 is 0 Å². The molecule has 0 fully saturated rings. The van der Waals surface area contributed by atoms with E-state index in [1.807, 2.05) is 0 Å². The number of rotatable bonds is 1. The maximum absolute atomic E-state index is 13.9. The average Bonchev–Trinajstić information content (AvgIpc) is 2.38. The first kappa shape index (κ1) is 12.2. The van der Waals surface area contributed by atoms with Gasteiger partial charge < -0.3 is 4.74 Å². The number of para-hydroxylation sites is 1. The molecular formula is C15H10ClFO2. The fraction of sp³-hybridized carbons (Fsp3) is 0.133. The molecule has 1 heterocycles. The Morgan fingerprint density at radius 3 is 2.79 bits per heavy atom. The molecule has 4 heteroatoms. The zero-order chi connectivity index (χ0) is 13.4. The van der Waals surface area contributed by atoms with Crippen molar-refractivity contribution in [3.63, 3.8) is 0 Å². The van der Waals surface area contributed by atoms with Crippen molar-refractivity contribution in [2.24, 2.45) is 0 Å². The number of Topliss-reactive ketones (excluding diaryl/α,β-unsaturated/α-hetero) is 1. The number of hydrogen-bond donors (Lipinski definition) is 0. The van der Waals surface area contributed by atoms with Crippen LogP contribution in [0.15, 0.2) is 42.5 Å². The molecular weight excluding hydrogens is 267 g/mol. The number of fused-ring (bicyclic) bond motifs is 1. The third kappa shape index (κ3) is 2.22. The lowest BCUT2D eigenvalue weighted by Crippen LogP contribution is -2.21. The van der Waals surface area contributed by atoms with Crippen molar-refractivity contribution in [2.45, 2.75) is 12.5 Å². The molecule has 0 N–H and O–H groups in total. The van der Waals surface area contributed by atoms with Gasteiger partial charge in [-0.05, 0) is 24.3 Å². The highest BCUT2D eigenvalue weighted by atomic mass is 35.5. The molecule has 2 aromatic carbocycles. The highest BCUT2D eigenvalue weighted by Gasteiger charge is 2.28. The molecule has 0 aromatic heterocycles. The van der Waals surface area contributed by atoms with Crippen molar-refractivity contribution in [3.8, 4) is 5.75 Å². The summed E-state index contributed by atoms with van der Waals surface area (Å²) >= 11 is 5.72. The van der Waals surface area contributed by atoms with Crippen LogP contribution < -0.4 is 4.74 Å². The van der Waals surface area contributed by atoms with Crippen molar-refractivity contribution >= 4 is 17.4 Å². The highest BCUT2D eigenvalue weighted by molar-refractivity contribution is 6.30. The van der Waals surface area contributed by atoms with Crippen LogP contribution in [0, 0.1) is 5.82 Å². The van der Waals surface area contributed by atoms with Gasteiger partial charge in [0.05, 0.1) is 12.0 Å². The van der Waals surface area contributed by atoms with Gasteiger partial charge in [0.15, 0.2) is 5.78 Å². The normalized spacial score (nSPS) is 17.8. The molecule has 0 saturated carbocycles. The van der Waals surface area contributed by atoms with Gasteiger partial charge in [-0.1, -0.05) is 29.8 Å². The summed E-state index contributed by atoms with van der Waals surface area (Å²) in [5.41, 5.74) is 0.903. The second-order valence-electron chi connectivity index (χ2n) is 4.40. The lowest BCUT2D eigenvalue weighted by Gasteiger charge is -2.25. The van der Waals surface area contributed by atoms with Crippen LogP contribution >= 0.6 is 11.6 Å². The quantitative estimate of drug-likeness (QED) is 0.781. The number of carbonyl (C=O) groups excluding carboxylic acids is 1. The molecule has 19 heavy (non-hydrogen) atoms. The molecule has 1 unspecified atom stereocenters. The summed E-state index contributed by atoms with van der Waals surface area (Å²) in [4.78, 5) is 12.0. The first-order chi connectivity index (χ1) is 9.15. The van der Waals surface area contributed by atoms with Crippen LogP contribution in [-0.4, -0.2) is 5.78 Å². The maximum atomic E-state index is 13.9. The third-order valence-electron chi connectivity index (χ3n) is 3.14. The predicted molar refractivity (Wildman–Crippen MR) is 70.2 cm³/mol. The van der Waals surface area contributed by atoms with Crippen LogP contribution in [0.1, 0.15) is 28.4 Å². The summed E-state index contributed by atoms with van der Waals surface area (Å²) in [5.74, 6) is 0.00369. The number of benzene rings is 2. The standard InChI is InChI=1S/C15H10ClFO2/c16-9-5-6-10(12(17)7-9)15-8-13(18)11-3-1-2-4-14(11)19-15/h1-7,15H,8H2. The van der Waals surface area contributed by atoms with Gasteiger partial charge in [-0.2, -0.15) is 0 Å². The van der Waals surface area contributed by atoms with E-state index in [0.717, 1.165) is 0 Å². The van der Waals surface area contributed by atoms with Gasteiger partial charge in [-0.3, -0.25) is 4.79 Å². The van der Waals surface area contributed by atoms with Gasteiger partial charge in [0.2, 0.25) is 0 Å². The van der Waals surface area contributed by atoms with E-state index in [2.05, 4.69) is 0 Å². The lowest BCUT2D eigenvalue weighted by atomic mass is 9.96. The second kappa shape index (κ2) is 4.67. The molecule has 1 aliphatic rings. The van der Waals surface area contributed by atoms with Gasteiger partial charge in [0, 0.05) is 10.6 Å². The van der Waals surface area contributed by atoms with E-state index in [1.54, 1.807) is 36.4 Å². The summed E-state index contributed by atoms with van der Waals surface area (Å²) in [7, 11) is 0. The molecule has 1 atom stereocenters. The lowest BCUT2D eigenvalue weighted by molar-refractivity contribution is 0.0846. The monoisotopic (exact) mass is 276 g/mol. The largest absolute Gasteiger partial charge is 0.484 e. The fourth-order valence-corrected chi connectivity index (χ4v) is 2.37. The van der Waals surface area contributed by atoms with Crippen molar-refractivity contribution in [1.82, 2.24) is 0 Å². The molecule has 0 spiro atoms. The van der Waals surface area contributed by atoms with E-state index in [9.17, 15) is 9.18 Å². The molecule has 1 aliphatic heterocycles. The Hall–Kier alpha value is -1.87. The fourth-order valence-electron chi connectivity index (χ4n) is 2.21. The Morgan fingerprint density at radius 2 is 2.00 bits per heavy atom. The predicted octanol–water partition coefficient (Wildman–Crippen LogP) is 4.19. The summed E-state index contributed by atoms with van der Waals surface area (Å²) in [6.45, 7) is 0. The van der Waals surface area contributed by atoms with Crippen LogP contribution in [0.5, 0.6) is 5.75 Å². The molecule has 0 amide bonds. The first-order valence-electron chi connectivity index (χ1n) is 5.89. The summed E-state index contributed by atoms with van der Waals surface area (Å²) in [5, 5.41) is 0.323. The van der Waals surface area contributed by atoms with Gasteiger partial charge in [-0.25, -0.2) is 4.39 Å². The van der Waals surface area contributed by atoms with E-state index in [4.69, 9.17) is 16.3 Å². The van der Waals surface area contributed by atoms with Crippen molar-refractivity contribution in [1.29, 1.82) is 0 Å². The molecule has 3 rings (SSSR count). The van der Waals surface area contributed by atoms with Gasteiger partial charge in [0.25, 0.3) is 0 Å².